The first-order chi connectivity index (χ1) is 9.56. The Bertz CT molecular complexity index is 610. The highest BCUT2D eigenvalue weighted by atomic mass is 35.5. The number of methoxy groups -OCH3 is 1. The molecule has 0 bridgehead atoms. The maximum Gasteiger partial charge on any atom is 0.137 e. The van der Waals surface area contributed by atoms with Crippen molar-refractivity contribution in [3.05, 3.63) is 63.7 Å². The Morgan fingerprint density at radius 3 is 2.40 bits per heavy atom. The fourth-order valence-electron chi connectivity index (χ4n) is 2.51. The average Bonchev–Trinajstić information content (AvgIpc) is 2.42. The summed E-state index contributed by atoms with van der Waals surface area (Å²) in [6.07, 6.45) is 0. The molecule has 2 aromatic carbocycles. The van der Waals surface area contributed by atoms with E-state index in [-0.39, 0.29) is 6.04 Å². The Kier molecular flexibility index (Phi) is 4.69. The van der Waals surface area contributed by atoms with E-state index < -0.39 is 0 Å². The molecule has 20 heavy (non-hydrogen) atoms. The second kappa shape index (κ2) is 6.29. The molecule has 1 atom stereocenters. The Balaban J connectivity index is 2.44. The van der Waals surface area contributed by atoms with Gasteiger partial charge in [0.1, 0.15) is 5.75 Å². The number of hydrogen-bond donors (Lipinski definition) is 1. The van der Waals surface area contributed by atoms with Gasteiger partial charge in [-0.15, -0.1) is 0 Å². The van der Waals surface area contributed by atoms with E-state index in [1.54, 1.807) is 7.11 Å². The Hall–Kier alpha value is -1.51. The van der Waals surface area contributed by atoms with Crippen LogP contribution in [0.15, 0.2) is 36.4 Å². The molecular formula is C17H20ClNO. The van der Waals surface area contributed by atoms with E-state index in [0.29, 0.717) is 10.8 Å². The number of hydrogen-bond acceptors (Lipinski definition) is 2. The standard InChI is InChI=1S/C17H20ClNO/c1-11-5-7-14(12(2)9-11)17(19-3)13-6-8-16(20-4)15(18)10-13/h5-10,17,19H,1-4H3. The fraction of sp³-hybridized carbons (Fsp3) is 0.294. The van der Waals surface area contributed by atoms with Gasteiger partial charge in [-0.3, -0.25) is 0 Å². The first-order valence-electron chi connectivity index (χ1n) is 6.64. The van der Waals surface area contributed by atoms with Crippen LogP contribution in [0.4, 0.5) is 0 Å². The first kappa shape index (κ1) is 14.9. The summed E-state index contributed by atoms with van der Waals surface area (Å²) in [5, 5.41) is 3.99. The number of ether oxygens (including phenoxy) is 1. The van der Waals surface area contributed by atoms with Gasteiger partial charge in [0.05, 0.1) is 18.2 Å². The lowest BCUT2D eigenvalue weighted by Crippen LogP contribution is -2.18. The van der Waals surface area contributed by atoms with Crippen LogP contribution >= 0.6 is 11.6 Å². The average molecular weight is 290 g/mol. The van der Waals surface area contributed by atoms with E-state index in [1.165, 1.54) is 16.7 Å². The molecule has 2 aromatic rings. The van der Waals surface area contributed by atoms with Crippen LogP contribution in [0.3, 0.4) is 0 Å². The summed E-state index contributed by atoms with van der Waals surface area (Å²) < 4.78 is 5.21. The van der Waals surface area contributed by atoms with E-state index in [2.05, 4.69) is 37.4 Å². The van der Waals surface area contributed by atoms with Crippen molar-refractivity contribution in [3.8, 4) is 5.75 Å². The second-order valence-electron chi connectivity index (χ2n) is 4.98. The molecule has 106 valence electrons. The number of halogens is 1. The summed E-state index contributed by atoms with van der Waals surface area (Å²) in [5.41, 5.74) is 4.94. The van der Waals surface area contributed by atoms with Crippen LogP contribution in [-0.4, -0.2) is 14.2 Å². The van der Waals surface area contributed by atoms with Crippen molar-refractivity contribution in [3.63, 3.8) is 0 Å². The van der Waals surface area contributed by atoms with Gasteiger partial charge in [-0.25, -0.2) is 0 Å². The summed E-state index contributed by atoms with van der Waals surface area (Å²) in [6, 6.07) is 12.5. The summed E-state index contributed by atoms with van der Waals surface area (Å²) in [5.74, 6) is 0.700. The zero-order valence-corrected chi connectivity index (χ0v) is 13.1. The van der Waals surface area contributed by atoms with Gasteiger partial charge in [-0.1, -0.05) is 41.4 Å². The van der Waals surface area contributed by atoms with Crippen molar-refractivity contribution in [2.45, 2.75) is 19.9 Å². The summed E-state index contributed by atoms with van der Waals surface area (Å²) >= 11 is 6.23. The van der Waals surface area contributed by atoms with Crippen molar-refractivity contribution in [2.24, 2.45) is 0 Å². The van der Waals surface area contributed by atoms with Crippen molar-refractivity contribution in [1.82, 2.24) is 5.32 Å². The van der Waals surface area contributed by atoms with Crippen LogP contribution < -0.4 is 10.1 Å². The highest BCUT2D eigenvalue weighted by molar-refractivity contribution is 6.32. The van der Waals surface area contributed by atoms with Crippen molar-refractivity contribution in [2.75, 3.05) is 14.2 Å². The van der Waals surface area contributed by atoms with Crippen LogP contribution in [-0.2, 0) is 0 Å². The molecule has 0 aromatic heterocycles. The molecule has 2 nitrogen and oxygen atoms in total. The monoisotopic (exact) mass is 289 g/mol. The molecule has 0 amide bonds. The summed E-state index contributed by atoms with van der Waals surface area (Å²) in [7, 11) is 3.59. The maximum absolute atomic E-state index is 6.23. The molecule has 0 saturated heterocycles. The Labute approximate surface area is 125 Å². The minimum absolute atomic E-state index is 0.124. The van der Waals surface area contributed by atoms with Crippen LogP contribution in [0.1, 0.15) is 28.3 Å². The van der Waals surface area contributed by atoms with Gasteiger partial charge in [0, 0.05) is 0 Å². The molecule has 0 spiro atoms. The smallest absolute Gasteiger partial charge is 0.137 e. The van der Waals surface area contributed by atoms with Gasteiger partial charge in [0.2, 0.25) is 0 Å². The van der Waals surface area contributed by atoms with Gasteiger partial charge in [-0.2, -0.15) is 0 Å². The maximum atomic E-state index is 6.23. The minimum Gasteiger partial charge on any atom is -0.495 e. The third kappa shape index (κ3) is 2.97. The quantitative estimate of drug-likeness (QED) is 0.907. The third-order valence-corrected chi connectivity index (χ3v) is 3.83. The number of aryl methyl sites for hydroxylation is 2. The largest absolute Gasteiger partial charge is 0.495 e. The Morgan fingerprint density at radius 2 is 1.85 bits per heavy atom. The molecule has 0 aliphatic carbocycles. The van der Waals surface area contributed by atoms with Crippen molar-refractivity contribution in [1.29, 1.82) is 0 Å². The van der Waals surface area contributed by atoms with E-state index in [9.17, 15) is 0 Å². The fourth-order valence-corrected chi connectivity index (χ4v) is 2.78. The lowest BCUT2D eigenvalue weighted by Gasteiger charge is -2.20. The molecule has 0 heterocycles. The Morgan fingerprint density at radius 1 is 1.10 bits per heavy atom. The zero-order chi connectivity index (χ0) is 14.7. The molecule has 0 aliphatic heterocycles. The molecule has 0 aliphatic rings. The lowest BCUT2D eigenvalue weighted by molar-refractivity contribution is 0.414. The van der Waals surface area contributed by atoms with Crippen molar-refractivity contribution >= 4 is 11.6 Å². The van der Waals surface area contributed by atoms with Gasteiger partial charge in [-0.05, 0) is 49.7 Å². The summed E-state index contributed by atoms with van der Waals surface area (Å²) in [6.45, 7) is 4.24. The van der Waals surface area contributed by atoms with Crippen LogP contribution in [0.25, 0.3) is 0 Å². The normalized spacial score (nSPS) is 12.2. The van der Waals surface area contributed by atoms with E-state index in [4.69, 9.17) is 16.3 Å². The van der Waals surface area contributed by atoms with Gasteiger partial charge < -0.3 is 10.1 Å². The predicted octanol–water partition coefficient (Wildman–Crippen LogP) is 4.27. The molecule has 1 unspecified atom stereocenters. The third-order valence-electron chi connectivity index (χ3n) is 3.53. The van der Waals surface area contributed by atoms with Crippen molar-refractivity contribution < 1.29 is 4.74 Å². The SMILES string of the molecule is CNC(c1ccc(OC)c(Cl)c1)c1ccc(C)cc1C. The molecule has 0 fully saturated rings. The number of benzene rings is 2. The molecule has 0 saturated carbocycles. The predicted molar refractivity (Wildman–Crippen MR) is 84.8 cm³/mol. The van der Waals surface area contributed by atoms with Gasteiger partial charge in [0.15, 0.2) is 0 Å². The summed E-state index contributed by atoms with van der Waals surface area (Å²) in [4.78, 5) is 0. The molecular weight excluding hydrogens is 270 g/mol. The highest BCUT2D eigenvalue weighted by Crippen LogP contribution is 2.31. The van der Waals surface area contributed by atoms with Crippen LogP contribution in [0.2, 0.25) is 5.02 Å². The lowest BCUT2D eigenvalue weighted by atomic mass is 9.94. The van der Waals surface area contributed by atoms with E-state index in [0.717, 1.165) is 5.56 Å². The molecule has 3 heteroatoms. The van der Waals surface area contributed by atoms with Crippen LogP contribution in [0.5, 0.6) is 5.75 Å². The van der Waals surface area contributed by atoms with E-state index >= 15 is 0 Å². The number of nitrogens with one attached hydrogen (secondary N) is 1. The minimum atomic E-state index is 0.124. The van der Waals surface area contributed by atoms with Gasteiger partial charge >= 0.3 is 0 Å². The van der Waals surface area contributed by atoms with E-state index in [1.807, 2.05) is 25.2 Å². The number of rotatable bonds is 4. The highest BCUT2D eigenvalue weighted by Gasteiger charge is 2.15. The zero-order valence-electron chi connectivity index (χ0n) is 12.3. The first-order valence-corrected chi connectivity index (χ1v) is 7.02. The van der Waals surface area contributed by atoms with Crippen LogP contribution in [0, 0.1) is 13.8 Å². The molecule has 1 N–H and O–H groups in total. The topological polar surface area (TPSA) is 21.3 Å². The second-order valence-corrected chi connectivity index (χ2v) is 5.38. The molecule has 2 rings (SSSR count). The molecule has 0 radical (unpaired) electrons. The van der Waals surface area contributed by atoms with Gasteiger partial charge in [0.25, 0.3) is 0 Å².